The monoisotopic (exact) mass is 415 g/mol. The van der Waals surface area contributed by atoms with Crippen LogP contribution in [0.15, 0.2) is 96.7 Å². The molecule has 0 aliphatic carbocycles. The third-order valence-corrected chi connectivity index (χ3v) is 4.83. The van der Waals surface area contributed by atoms with Gasteiger partial charge in [0.25, 0.3) is 5.91 Å². The van der Waals surface area contributed by atoms with Gasteiger partial charge < -0.3 is 10.6 Å². The smallest absolute Gasteiger partial charge is 0.264 e. The van der Waals surface area contributed by atoms with Crippen molar-refractivity contribution in [1.82, 2.24) is 10.6 Å². The lowest BCUT2D eigenvalue weighted by Gasteiger charge is -2.19. The number of amides is 1. The van der Waals surface area contributed by atoms with Crippen LogP contribution in [0, 0.1) is 11.3 Å². The van der Waals surface area contributed by atoms with E-state index in [1.54, 1.807) is 0 Å². The van der Waals surface area contributed by atoms with Crippen LogP contribution in [0.5, 0.6) is 0 Å². The van der Waals surface area contributed by atoms with E-state index >= 15 is 0 Å². The quantitative estimate of drug-likeness (QED) is 0.316. The Labute approximate surface area is 181 Å². The van der Waals surface area contributed by atoms with Crippen LogP contribution in [-0.2, 0) is 11.2 Å². The average Bonchev–Trinajstić information content (AvgIpc) is 2.78. The molecule has 3 rings (SSSR count). The van der Waals surface area contributed by atoms with E-state index in [0.29, 0.717) is 11.6 Å². The maximum absolute atomic E-state index is 12.8. The van der Waals surface area contributed by atoms with E-state index in [0.717, 1.165) is 23.1 Å². The SMILES string of the molecule is N#C/C(=C/NCCc1cccc(Cl)c1)C(=O)NC(c1ccccc1)c1ccccc1. The minimum absolute atomic E-state index is 0.0259. The lowest BCUT2D eigenvalue weighted by molar-refractivity contribution is -0.117. The molecule has 0 radical (unpaired) electrons. The summed E-state index contributed by atoms with van der Waals surface area (Å²) in [6.45, 7) is 0.583. The molecule has 0 aromatic heterocycles. The van der Waals surface area contributed by atoms with Crippen molar-refractivity contribution >= 4 is 17.5 Å². The summed E-state index contributed by atoms with van der Waals surface area (Å²) >= 11 is 5.99. The molecular weight excluding hydrogens is 394 g/mol. The van der Waals surface area contributed by atoms with Gasteiger partial charge in [-0.25, -0.2) is 0 Å². The van der Waals surface area contributed by atoms with Crippen molar-refractivity contribution in [2.75, 3.05) is 6.54 Å². The number of carbonyl (C=O) groups excluding carboxylic acids is 1. The van der Waals surface area contributed by atoms with Crippen LogP contribution in [0.25, 0.3) is 0 Å². The molecular formula is C25H22ClN3O. The van der Waals surface area contributed by atoms with Crippen molar-refractivity contribution in [3.63, 3.8) is 0 Å². The van der Waals surface area contributed by atoms with Gasteiger partial charge in [-0.1, -0.05) is 84.4 Å². The first-order valence-electron chi connectivity index (χ1n) is 9.66. The highest BCUT2D eigenvalue weighted by molar-refractivity contribution is 6.30. The third-order valence-electron chi connectivity index (χ3n) is 4.60. The second-order valence-corrected chi connectivity index (χ2v) is 7.17. The summed E-state index contributed by atoms with van der Waals surface area (Å²) in [6, 6.07) is 28.6. The molecule has 1 amide bonds. The summed E-state index contributed by atoms with van der Waals surface area (Å²) in [5.41, 5.74) is 3.00. The van der Waals surface area contributed by atoms with Crippen LogP contribution in [0.3, 0.4) is 0 Å². The maximum atomic E-state index is 12.8. The predicted octanol–water partition coefficient (Wildman–Crippen LogP) is 4.79. The third kappa shape index (κ3) is 5.97. The first-order valence-corrected chi connectivity index (χ1v) is 10.0. The minimum atomic E-state index is -0.425. The molecule has 0 saturated carbocycles. The average molecular weight is 416 g/mol. The van der Waals surface area contributed by atoms with Gasteiger partial charge in [0.2, 0.25) is 0 Å². The van der Waals surface area contributed by atoms with E-state index in [-0.39, 0.29) is 11.6 Å². The Hall–Kier alpha value is -3.55. The fraction of sp³-hybridized carbons (Fsp3) is 0.120. The zero-order valence-electron chi connectivity index (χ0n) is 16.4. The second kappa shape index (κ2) is 10.8. The maximum Gasteiger partial charge on any atom is 0.264 e. The van der Waals surface area contributed by atoms with Crippen LogP contribution in [0.1, 0.15) is 22.7 Å². The van der Waals surface area contributed by atoms with Crippen LogP contribution < -0.4 is 10.6 Å². The predicted molar refractivity (Wildman–Crippen MR) is 120 cm³/mol. The van der Waals surface area contributed by atoms with Crippen LogP contribution in [-0.4, -0.2) is 12.5 Å². The van der Waals surface area contributed by atoms with Gasteiger partial charge >= 0.3 is 0 Å². The van der Waals surface area contributed by atoms with E-state index in [4.69, 9.17) is 11.6 Å². The minimum Gasteiger partial charge on any atom is -0.389 e. The van der Waals surface area contributed by atoms with Gasteiger partial charge in [0.1, 0.15) is 11.6 Å². The molecule has 3 aromatic rings. The fourth-order valence-electron chi connectivity index (χ4n) is 3.09. The zero-order chi connectivity index (χ0) is 21.2. The lowest BCUT2D eigenvalue weighted by atomic mass is 9.98. The van der Waals surface area contributed by atoms with Crippen LogP contribution in [0.4, 0.5) is 0 Å². The number of carbonyl (C=O) groups is 1. The number of hydrogen-bond acceptors (Lipinski definition) is 3. The van der Waals surface area contributed by atoms with Crippen molar-refractivity contribution in [2.24, 2.45) is 0 Å². The molecule has 0 aliphatic heterocycles. The molecule has 30 heavy (non-hydrogen) atoms. The van der Waals surface area contributed by atoms with E-state index in [1.807, 2.05) is 91.0 Å². The van der Waals surface area contributed by atoms with Crippen molar-refractivity contribution < 1.29 is 4.79 Å². The summed E-state index contributed by atoms with van der Waals surface area (Å²) in [5.74, 6) is -0.425. The normalized spacial score (nSPS) is 11.0. The highest BCUT2D eigenvalue weighted by Gasteiger charge is 2.19. The summed E-state index contributed by atoms with van der Waals surface area (Å²) in [5, 5.41) is 16.2. The van der Waals surface area contributed by atoms with Crippen molar-refractivity contribution in [3.8, 4) is 6.07 Å². The fourth-order valence-corrected chi connectivity index (χ4v) is 3.30. The molecule has 4 nitrogen and oxygen atoms in total. The standard InChI is InChI=1S/C25H22ClN3O/c26-23-13-7-8-19(16-23)14-15-28-18-22(17-27)25(30)29-24(20-9-3-1-4-10-20)21-11-5-2-6-12-21/h1-13,16,18,24,28H,14-15H2,(H,29,30)/b22-18-. The van der Waals surface area contributed by atoms with Gasteiger partial charge in [-0.3, -0.25) is 4.79 Å². The molecule has 0 aliphatic rings. The first kappa shape index (κ1) is 21.2. The highest BCUT2D eigenvalue weighted by Crippen LogP contribution is 2.22. The molecule has 0 heterocycles. The van der Waals surface area contributed by atoms with Gasteiger partial charge in [0.15, 0.2) is 0 Å². The number of hydrogen-bond donors (Lipinski definition) is 2. The molecule has 0 bridgehead atoms. The number of halogens is 1. The van der Waals surface area contributed by atoms with Crippen molar-refractivity contribution in [1.29, 1.82) is 5.26 Å². The Morgan fingerprint density at radius 3 is 2.17 bits per heavy atom. The summed E-state index contributed by atoms with van der Waals surface area (Å²) in [7, 11) is 0. The zero-order valence-corrected chi connectivity index (χ0v) is 17.1. The Kier molecular flexibility index (Phi) is 7.65. The number of nitriles is 1. The molecule has 0 atom stereocenters. The van der Waals surface area contributed by atoms with Gasteiger partial charge in [0, 0.05) is 17.8 Å². The van der Waals surface area contributed by atoms with Crippen LogP contribution in [0.2, 0.25) is 5.02 Å². The van der Waals surface area contributed by atoms with E-state index in [1.165, 1.54) is 6.20 Å². The molecule has 5 heteroatoms. The first-order chi connectivity index (χ1) is 14.7. The Balaban J connectivity index is 1.67. The Morgan fingerprint density at radius 2 is 1.60 bits per heavy atom. The largest absolute Gasteiger partial charge is 0.389 e. The lowest BCUT2D eigenvalue weighted by Crippen LogP contribution is -2.31. The molecule has 0 unspecified atom stereocenters. The number of rotatable bonds is 8. The second-order valence-electron chi connectivity index (χ2n) is 6.73. The molecule has 0 spiro atoms. The topological polar surface area (TPSA) is 64.9 Å². The summed E-state index contributed by atoms with van der Waals surface area (Å²) < 4.78 is 0. The molecule has 0 saturated heterocycles. The van der Waals surface area contributed by atoms with Gasteiger partial charge in [-0.15, -0.1) is 0 Å². The number of nitrogens with zero attached hydrogens (tertiary/aromatic N) is 1. The molecule has 150 valence electrons. The molecule has 3 aromatic carbocycles. The van der Waals surface area contributed by atoms with Crippen molar-refractivity contribution in [3.05, 3.63) is 118 Å². The Bertz CT molecular complexity index is 1000. The molecule has 2 N–H and O–H groups in total. The van der Waals surface area contributed by atoms with E-state index in [2.05, 4.69) is 10.6 Å². The van der Waals surface area contributed by atoms with E-state index in [9.17, 15) is 10.1 Å². The Morgan fingerprint density at radius 1 is 0.967 bits per heavy atom. The van der Waals surface area contributed by atoms with Gasteiger partial charge in [-0.05, 0) is 35.2 Å². The summed E-state index contributed by atoms with van der Waals surface area (Å²) in [6.07, 6.45) is 2.20. The van der Waals surface area contributed by atoms with Gasteiger partial charge in [0.05, 0.1) is 6.04 Å². The highest BCUT2D eigenvalue weighted by atomic mass is 35.5. The van der Waals surface area contributed by atoms with Crippen LogP contribution >= 0.6 is 11.6 Å². The molecule has 0 fully saturated rings. The number of benzene rings is 3. The van der Waals surface area contributed by atoms with Crippen molar-refractivity contribution in [2.45, 2.75) is 12.5 Å². The van der Waals surface area contributed by atoms with E-state index < -0.39 is 5.91 Å². The summed E-state index contributed by atoms with van der Waals surface area (Å²) in [4.78, 5) is 12.8. The number of nitrogens with one attached hydrogen (secondary N) is 2. The van der Waals surface area contributed by atoms with Gasteiger partial charge in [-0.2, -0.15) is 5.26 Å².